The molecule has 0 saturated heterocycles. The second-order valence-electron chi connectivity index (χ2n) is 5.06. The van der Waals surface area contributed by atoms with Crippen molar-refractivity contribution < 1.29 is 0 Å². The third kappa shape index (κ3) is 3.83. The van der Waals surface area contributed by atoms with Gasteiger partial charge in [-0.3, -0.25) is 0 Å². The standard InChI is InChI=1S/C16H24N4/c1-3-5-12-19(13-6-4-2)15-7-9-16(10-8-15)20-14-11-17-18-20/h7-11,14H,3-6,12-13H2,1-2H3. The molecule has 0 bridgehead atoms. The summed E-state index contributed by atoms with van der Waals surface area (Å²) < 4.78 is 1.78. The van der Waals surface area contributed by atoms with Gasteiger partial charge < -0.3 is 4.90 Å². The Morgan fingerprint density at radius 1 is 1.00 bits per heavy atom. The van der Waals surface area contributed by atoms with Gasteiger partial charge >= 0.3 is 0 Å². The van der Waals surface area contributed by atoms with Crippen LogP contribution in [0, 0.1) is 0 Å². The van der Waals surface area contributed by atoms with Gasteiger partial charge in [0, 0.05) is 18.8 Å². The SMILES string of the molecule is CCCCN(CCCC)c1ccc(-n2ccnn2)cc1. The first kappa shape index (κ1) is 14.6. The summed E-state index contributed by atoms with van der Waals surface area (Å²) >= 11 is 0. The third-order valence-electron chi connectivity index (χ3n) is 3.47. The minimum absolute atomic E-state index is 1.05. The van der Waals surface area contributed by atoms with Gasteiger partial charge in [0.25, 0.3) is 0 Å². The average molecular weight is 272 g/mol. The van der Waals surface area contributed by atoms with Crippen molar-refractivity contribution in [1.29, 1.82) is 0 Å². The molecule has 20 heavy (non-hydrogen) atoms. The Kier molecular flexibility index (Phi) is 5.59. The van der Waals surface area contributed by atoms with E-state index in [0.717, 1.165) is 18.8 Å². The van der Waals surface area contributed by atoms with Gasteiger partial charge in [0.2, 0.25) is 0 Å². The second kappa shape index (κ2) is 7.68. The Balaban J connectivity index is 2.08. The van der Waals surface area contributed by atoms with Gasteiger partial charge in [0.05, 0.1) is 18.1 Å². The monoisotopic (exact) mass is 272 g/mol. The van der Waals surface area contributed by atoms with E-state index in [-0.39, 0.29) is 0 Å². The molecular weight excluding hydrogens is 248 g/mol. The molecule has 0 amide bonds. The summed E-state index contributed by atoms with van der Waals surface area (Å²) in [6.45, 7) is 6.76. The van der Waals surface area contributed by atoms with Crippen LogP contribution in [0.25, 0.3) is 5.69 Å². The highest BCUT2D eigenvalue weighted by Crippen LogP contribution is 2.18. The van der Waals surface area contributed by atoms with E-state index in [4.69, 9.17) is 0 Å². The molecule has 0 N–H and O–H groups in total. The number of nitrogens with zero attached hydrogens (tertiary/aromatic N) is 4. The van der Waals surface area contributed by atoms with Gasteiger partial charge in [-0.05, 0) is 37.1 Å². The lowest BCUT2D eigenvalue weighted by Gasteiger charge is -2.24. The molecule has 0 unspecified atom stereocenters. The van der Waals surface area contributed by atoms with Crippen molar-refractivity contribution in [2.45, 2.75) is 39.5 Å². The maximum Gasteiger partial charge on any atom is 0.0697 e. The summed E-state index contributed by atoms with van der Waals surface area (Å²) in [5.74, 6) is 0. The topological polar surface area (TPSA) is 34.0 Å². The van der Waals surface area contributed by atoms with Crippen molar-refractivity contribution in [3.05, 3.63) is 36.7 Å². The van der Waals surface area contributed by atoms with Gasteiger partial charge in [-0.15, -0.1) is 5.10 Å². The van der Waals surface area contributed by atoms with Gasteiger partial charge in [0.1, 0.15) is 0 Å². The number of aromatic nitrogens is 3. The number of anilines is 1. The van der Waals surface area contributed by atoms with Crippen molar-refractivity contribution in [1.82, 2.24) is 15.0 Å². The van der Waals surface area contributed by atoms with Crippen molar-refractivity contribution in [3.63, 3.8) is 0 Å². The van der Waals surface area contributed by atoms with E-state index in [2.05, 4.69) is 53.3 Å². The minimum Gasteiger partial charge on any atom is -0.372 e. The first-order valence-corrected chi connectivity index (χ1v) is 7.56. The highest BCUT2D eigenvalue weighted by Gasteiger charge is 2.06. The van der Waals surface area contributed by atoms with Gasteiger partial charge in [-0.25, -0.2) is 4.68 Å². The highest BCUT2D eigenvalue weighted by atomic mass is 15.4. The van der Waals surface area contributed by atoms with Crippen molar-refractivity contribution in [2.24, 2.45) is 0 Å². The van der Waals surface area contributed by atoms with Crippen LogP contribution < -0.4 is 4.90 Å². The fourth-order valence-corrected chi connectivity index (χ4v) is 2.23. The lowest BCUT2D eigenvalue weighted by Crippen LogP contribution is -2.25. The molecule has 0 atom stereocenters. The molecule has 0 aliphatic heterocycles. The largest absolute Gasteiger partial charge is 0.372 e. The van der Waals surface area contributed by atoms with Crippen LogP contribution in [0.15, 0.2) is 36.7 Å². The Morgan fingerprint density at radius 3 is 2.15 bits per heavy atom. The quantitative estimate of drug-likeness (QED) is 0.735. The number of hydrogen-bond donors (Lipinski definition) is 0. The molecule has 1 aromatic heterocycles. The lowest BCUT2D eigenvalue weighted by atomic mass is 10.2. The van der Waals surface area contributed by atoms with Crippen LogP contribution in [0.2, 0.25) is 0 Å². The summed E-state index contributed by atoms with van der Waals surface area (Å²) in [5.41, 5.74) is 2.35. The lowest BCUT2D eigenvalue weighted by molar-refractivity contribution is 0.678. The first-order chi connectivity index (χ1) is 9.85. The molecule has 0 spiro atoms. The Labute approximate surface area is 121 Å². The van der Waals surface area contributed by atoms with E-state index in [1.165, 1.54) is 31.4 Å². The minimum atomic E-state index is 1.05. The molecule has 4 nitrogen and oxygen atoms in total. The normalized spacial score (nSPS) is 10.7. The van der Waals surface area contributed by atoms with Gasteiger partial charge in [-0.1, -0.05) is 31.9 Å². The Bertz CT molecular complexity index is 468. The Hall–Kier alpha value is -1.84. The third-order valence-corrected chi connectivity index (χ3v) is 3.47. The summed E-state index contributed by atoms with van der Waals surface area (Å²) in [4.78, 5) is 2.48. The van der Waals surface area contributed by atoms with Crippen LogP contribution in [-0.2, 0) is 0 Å². The average Bonchev–Trinajstić information content (AvgIpc) is 3.02. The molecule has 0 aliphatic rings. The molecule has 108 valence electrons. The summed E-state index contributed by atoms with van der Waals surface area (Å²) in [6.07, 6.45) is 8.52. The molecule has 0 radical (unpaired) electrons. The zero-order valence-electron chi connectivity index (χ0n) is 12.5. The van der Waals surface area contributed by atoms with Crippen LogP contribution in [0.5, 0.6) is 0 Å². The predicted octanol–water partition coefficient (Wildman–Crippen LogP) is 3.67. The van der Waals surface area contributed by atoms with E-state index in [1.54, 1.807) is 10.9 Å². The van der Waals surface area contributed by atoms with Crippen LogP contribution in [0.3, 0.4) is 0 Å². The maximum atomic E-state index is 4.01. The smallest absolute Gasteiger partial charge is 0.0697 e. The molecular formula is C16H24N4. The molecule has 1 heterocycles. The number of hydrogen-bond acceptors (Lipinski definition) is 3. The van der Waals surface area contributed by atoms with E-state index < -0.39 is 0 Å². The second-order valence-corrected chi connectivity index (χ2v) is 5.06. The highest BCUT2D eigenvalue weighted by molar-refractivity contribution is 5.50. The summed E-state index contributed by atoms with van der Waals surface area (Å²) in [7, 11) is 0. The van der Waals surface area contributed by atoms with E-state index in [0.29, 0.717) is 0 Å². The molecule has 0 saturated carbocycles. The molecule has 0 fully saturated rings. The number of rotatable bonds is 8. The zero-order chi connectivity index (χ0) is 14.2. The van der Waals surface area contributed by atoms with Crippen LogP contribution in [0.4, 0.5) is 5.69 Å². The molecule has 1 aromatic carbocycles. The summed E-state index contributed by atoms with van der Waals surface area (Å²) in [5, 5.41) is 7.85. The predicted molar refractivity (Wildman–Crippen MR) is 83.4 cm³/mol. The van der Waals surface area contributed by atoms with E-state index >= 15 is 0 Å². The summed E-state index contributed by atoms with van der Waals surface area (Å²) in [6, 6.07) is 8.58. The van der Waals surface area contributed by atoms with E-state index in [9.17, 15) is 0 Å². The number of benzene rings is 1. The fraction of sp³-hybridized carbons (Fsp3) is 0.500. The molecule has 2 rings (SSSR count). The molecule has 2 aromatic rings. The van der Waals surface area contributed by atoms with Crippen LogP contribution in [0.1, 0.15) is 39.5 Å². The number of unbranched alkanes of at least 4 members (excludes halogenated alkanes) is 2. The Morgan fingerprint density at radius 2 is 1.65 bits per heavy atom. The zero-order valence-corrected chi connectivity index (χ0v) is 12.5. The first-order valence-electron chi connectivity index (χ1n) is 7.56. The maximum absolute atomic E-state index is 4.01. The van der Waals surface area contributed by atoms with Crippen molar-refractivity contribution in [3.8, 4) is 5.69 Å². The molecule has 0 aliphatic carbocycles. The van der Waals surface area contributed by atoms with Gasteiger partial charge in [-0.2, -0.15) is 0 Å². The van der Waals surface area contributed by atoms with Gasteiger partial charge in [0.15, 0.2) is 0 Å². The van der Waals surface area contributed by atoms with Crippen molar-refractivity contribution in [2.75, 3.05) is 18.0 Å². The van der Waals surface area contributed by atoms with Crippen LogP contribution in [-0.4, -0.2) is 28.1 Å². The molecule has 4 heteroatoms. The fourth-order valence-electron chi connectivity index (χ4n) is 2.23. The van der Waals surface area contributed by atoms with E-state index in [1.807, 2.05) is 6.20 Å². The van der Waals surface area contributed by atoms with Crippen molar-refractivity contribution >= 4 is 5.69 Å². The van der Waals surface area contributed by atoms with Crippen LogP contribution >= 0.6 is 0 Å².